The van der Waals surface area contributed by atoms with Crippen LogP contribution in [-0.4, -0.2) is 60.7 Å². The largest absolute Gasteiger partial charge is 0.619 e. The lowest BCUT2D eigenvalue weighted by atomic mass is 10.0. The molecule has 0 atom stereocenters. The molecule has 2 aromatic heterocycles. The number of piperazine rings is 1. The number of nitrogens with zero attached hydrogens (tertiary/aromatic N) is 4. The first-order chi connectivity index (χ1) is 17.7. The number of sulfonamides is 1. The predicted molar refractivity (Wildman–Crippen MR) is 139 cm³/mol. The first kappa shape index (κ1) is 24.9. The maximum Gasteiger partial charge on any atom is 0.259 e. The van der Waals surface area contributed by atoms with Crippen LogP contribution in [0.2, 0.25) is 5.02 Å². The molecule has 3 heterocycles. The minimum Gasteiger partial charge on any atom is -0.619 e. The Bertz CT molecular complexity index is 1620. The van der Waals surface area contributed by atoms with Crippen molar-refractivity contribution in [2.45, 2.75) is 11.9 Å². The van der Waals surface area contributed by atoms with E-state index in [0.29, 0.717) is 33.6 Å². The minimum absolute atomic E-state index is 0.103. The molecule has 0 N–H and O–H groups in total. The summed E-state index contributed by atoms with van der Waals surface area (Å²) >= 11 is 6.03. The van der Waals surface area contributed by atoms with Crippen molar-refractivity contribution in [2.75, 3.05) is 26.2 Å². The van der Waals surface area contributed by atoms with E-state index in [2.05, 4.69) is 0 Å². The lowest BCUT2D eigenvalue weighted by Gasteiger charge is -2.34. The molecule has 0 radical (unpaired) electrons. The Labute approximate surface area is 218 Å². The van der Waals surface area contributed by atoms with Gasteiger partial charge in [-0.3, -0.25) is 14.2 Å². The molecule has 1 saturated heterocycles. The minimum atomic E-state index is -3.98. The monoisotopic (exact) mass is 538 g/mol. The fourth-order valence-electron chi connectivity index (χ4n) is 4.52. The molecule has 1 amide bonds. The van der Waals surface area contributed by atoms with Crippen LogP contribution in [0.4, 0.5) is 0 Å². The Morgan fingerprint density at radius 3 is 2.32 bits per heavy atom. The average Bonchev–Trinajstić information content (AvgIpc) is 3.28. The van der Waals surface area contributed by atoms with E-state index < -0.39 is 10.0 Å². The molecule has 0 bridgehead atoms. The number of aryl methyl sites for hydroxylation is 1. The van der Waals surface area contributed by atoms with Crippen LogP contribution < -0.4 is 4.73 Å². The van der Waals surface area contributed by atoms with Crippen LogP contribution in [0.5, 0.6) is 0 Å². The highest BCUT2D eigenvalue weighted by Crippen LogP contribution is 2.28. The summed E-state index contributed by atoms with van der Waals surface area (Å²) in [7, 11) is -3.98. The second-order valence-electron chi connectivity index (χ2n) is 8.82. The number of amides is 1. The second-order valence-corrected chi connectivity index (χ2v) is 11.1. The van der Waals surface area contributed by atoms with Crippen molar-refractivity contribution in [3.8, 4) is 11.1 Å². The van der Waals surface area contributed by atoms with E-state index in [-0.39, 0.29) is 37.1 Å². The summed E-state index contributed by atoms with van der Waals surface area (Å²) in [6.07, 6.45) is 1.92. The fraction of sp³-hybridized carbons (Fsp3) is 0.192. The number of aromatic nitrogens is 2. The normalized spacial score (nSPS) is 14.7. The number of hydrogen-bond donors (Lipinski definition) is 0. The first-order valence-corrected chi connectivity index (χ1v) is 13.4. The summed E-state index contributed by atoms with van der Waals surface area (Å²) in [5.74, 6) is -0.193. The maximum atomic E-state index is 13.4. The van der Waals surface area contributed by atoms with Crippen LogP contribution in [0.15, 0.2) is 71.9 Å². The van der Waals surface area contributed by atoms with Gasteiger partial charge in [0.25, 0.3) is 15.9 Å². The Kier molecular flexibility index (Phi) is 6.49. The summed E-state index contributed by atoms with van der Waals surface area (Å²) in [6, 6.07) is 16.8. The van der Waals surface area contributed by atoms with Crippen molar-refractivity contribution < 1.29 is 22.7 Å². The van der Waals surface area contributed by atoms with Crippen molar-refractivity contribution >= 4 is 44.8 Å². The van der Waals surface area contributed by atoms with Gasteiger partial charge in [0.1, 0.15) is 0 Å². The van der Waals surface area contributed by atoms with Gasteiger partial charge in [0, 0.05) is 61.2 Å². The molecule has 0 aliphatic carbocycles. The first-order valence-electron chi connectivity index (χ1n) is 11.5. The molecule has 0 saturated carbocycles. The standard InChI is InChI=1S/C26H23ClN4O5S/c1-18-14-21(8-9-31(18)34)19-2-4-20(5-3-19)26(33)28-10-12-29(13-11-28)37(35,36)25-16-22-15-23(27)6-7-24(22)30(25)17-32/h2-9,14-17H,10-13H2,1H3. The topological polar surface area (TPSA) is 107 Å². The highest BCUT2D eigenvalue weighted by molar-refractivity contribution is 7.89. The number of fused-ring (bicyclic) bond motifs is 1. The fourth-order valence-corrected chi connectivity index (χ4v) is 6.28. The summed E-state index contributed by atoms with van der Waals surface area (Å²) in [6.45, 7) is 2.36. The van der Waals surface area contributed by atoms with Gasteiger partial charge in [0.05, 0.1) is 5.52 Å². The van der Waals surface area contributed by atoms with E-state index in [1.54, 1.807) is 54.3 Å². The van der Waals surface area contributed by atoms with Gasteiger partial charge in [-0.25, -0.2) is 8.42 Å². The van der Waals surface area contributed by atoms with Crippen LogP contribution in [-0.2, 0) is 14.8 Å². The number of carbonyl (C=O) groups excluding carboxylic acids is 2. The van der Waals surface area contributed by atoms with Gasteiger partial charge in [0.2, 0.25) is 6.41 Å². The van der Waals surface area contributed by atoms with Gasteiger partial charge in [-0.1, -0.05) is 23.7 Å². The molecular weight excluding hydrogens is 516 g/mol. The third-order valence-electron chi connectivity index (χ3n) is 6.57. The van der Waals surface area contributed by atoms with E-state index in [1.807, 2.05) is 12.1 Å². The van der Waals surface area contributed by atoms with Gasteiger partial charge in [-0.2, -0.15) is 9.04 Å². The van der Waals surface area contributed by atoms with Gasteiger partial charge in [-0.05, 0) is 47.5 Å². The molecule has 1 fully saturated rings. The van der Waals surface area contributed by atoms with Crippen molar-refractivity contribution in [3.05, 3.63) is 88.3 Å². The lowest BCUT2D eigenvalue weighted by Crippen LogP contribution is -2.50. The third kappa shape index (κ3) is 4.59. The SMILES string of the molecule is Cc1cc(-c2ccc(C(=O)N3CCN(S(=O)(=O)c4cc5cc(Cl)ccc5n4C=O)CC3)cc2)cc[n+]1[O-]. The summed E-state index contributed by atoms with van der Waals surface area (Å²) in [5.41, 5.74) is 3.26. The highest BCUT2D eigenvalue weighted by atomic mass is 35.5. The van der Waals surface area contributed by atoms with Gasteiger partial charge < -0.3 is 10.1 Å². The molecule has 37 heavy (non-hydrogen) atoms. The van der Waals surface area contributed by atoms with Crippen molar-refractivity contribution in [1.29, 1.82) is 0 Å². The molecule has 9 nitrogen and oxygen atoms in total. The molecule has 0 unspecified atom stereocenters. The number of rotatable bonds is 5. The number of benzene rings is 2. The molecule has 1 aliphatic heterocycles. The molecular formula is C26H23ClN4O5S. The molecule has 11 heteroatoms. The van der Waals surface area contributed by atoms with Crippen molar-refractivity contribution in [2.24, 2.45) is 0 Å². The van der Waals surface area contributed by atoms with E-state index in [4.69, 9.17) is 11.6 Å². The van der Waals surface area contributed by atoms with Crippen LogP contribution in [0, 0.1) is 12.1 Å². The molecule has 4 aromatic rings. The van der Waals surface area contributed by atoms with Crippen molar-refractivity contribution in [3.63, 3.8) is 0 Å². The van der Waals surface area contributed by atoms with Crippen LogP contribution >= 0.6 is 11.6 Å². The Morgan fingerprint density at radius 1 is 0.973 bits per heavy atom. The predicted octanol–water partition coefficient (Wildman–Crippen LogP) is 3.09. The van der Waals surface area contributed by atoms with Crippen LogP contribution in [0.3, 0.4) is 0 Å². The smallest absolute Gasteiger partial charge is 0.259 e. The number of hydrogen-bond acceptors (Lipinski definition) is 5. The zero-order valence-electron chi connectivity index (χ0n) is 19.9. The third-order valence-corrected chi connectivity index (χ3v) is 8.69. The maximum absolute atomic E-state index is 13.4. The van der Waals surface area contributed by atoms with Gasteiger partial charge in [0.15, 0.2) is 16.9 Å². The molecule has 1 aliphatic rings. The summed E-state index contributed by atoms with van der Waals surface area (Å²) in [4.78, 5) is 26.4. The Balaban J connectivity index is 1.30. The lowest BCUT2D eigenvalue weighted by molar-refractivity contribution is -0.612. The van der Waals surface area contributed by atoms with E-state index in [1.165, 1.54) is 16.6 Å². The van der Waals surface area contributed by atoms with E-state index in [0.717, 1.165) is 20.4 Å². The molecule has 190 valence electrons. The number of carbonyl (C=O) groups is 2. The zero-order valence-corrected chi connectivity index (χ0v) is 21.4. The number of halogens is 1. The quantitative estimate of drug-likeness (QED) is 0.220. The van der Waals surface area contributed by atoms with Gasteiger partial charge >= 0.3 is 0 Å². The Morgan fingerprint density at radius 2 is 1.68 bits per heavy atom. The molecule has 0 spiro atoms. The van der Waals surface area contributed by atoms with E-state index >= 15 is 0 Å². The zero-order chi connectivity index (χ0) is 26.3. The summed E-state index contributed by atoms with van der Waals surface area (Å²) in [5, 5.41) is 12.4. The summed E-state index contributed by atoms with van der Waals surface area (Å²) < 4.78 is 29.9. The second kappa shape index (κ2) is 9.62. The van der Waals surface area contributed by atoms with Gasteiger partial charge in [-0.15, -0.1) is 0 Å². The Hall–Kier alpha value is -3.73. The van der Waals surface area contributed by atoms with Crippen LogP contribution in [0.25, 0.3) is 22.0 Å². The van der Waals surface area contributed by atoms with Crippen LogP contribution in [0.1, 0.15) is 16.1 Å². The average molecular weight is 539 g/mol. The van der Waals surface area contributed by atoms with E-state index in [9.17, 15) is 23.2 Å². The molecule has 2 aromatic carbocycles. The number of pyridine rings is 1. The highest BCUT2D eigenvalue weighted by Gasteiger charge is 2.33. The van der Waals surface area contributed by atoms with Crippen molar-refractivity contribution in [1.82, 2.24) is 13.8 Å². The molecule has 5 rings (SSSR count).